The van der Waals surface area contributed by atoms with Crippen molar-refractivity contribution in [3.8, 4) is 5.75 Å². The first-order chi connectivity index (χ1) is 13.1. The highest BCUT2D eigenvalue weighted by Gasteiger charge is 2.26. The van der Waals surface area contributed by atoms with Gasteiger partial charge in [-0.05, 0) is 72.5 Å². The molecule has 1 fully saturated rings. The number of anilines is 1. The van der Waals surface area contributed by atoms with E-state index in [1.165, 1.54) is 12.8 Å². The van der Waals surface area contributed by atoms with E-state index in [0.717, 1.165) is 40.1 Å². The van der Waals surface area contributed by atoms with Gasteiger partial charge < -0.3 is 15.4 Å². The predicted molar refractivity (Wildman–Crippen MR) is 112 cm³/mol. The van der Waals surface area contributed by atoms with E-state index >= 15 is 0 Å². The van der Waals surface area contributed by atoms with Gasteiger partial charge in [0, 0.05) is 16.6 Å². The summed E-state index contributed by atoms with van der Waals surface area (Å²) < 4.78 is 6.43. The van der Waals surface area contributed by atoms with E-state index in [1.54, 1.807) is 7.11 Å². The fourth-order valence-corrected chi connectivity index (χ4v) is 4.10. The standard InChI is InChI=1S/C21H26BrN3O2/c1-15-9-10-18(17(22)13-15)24-21(26)23-14-19(25-11-5-6-12-25)16-7-3-4-8-20(16)27-2/h3-4,7-10,13,19H,5-6,11-12,14H2,1-2H3,(H2,23,24,26). The van der Waals surface area contributed by atoms with Gasteiger partial charge >= 0.3 is 6.03 Å². The summed E-state index contributed by atoms with van der Waals surface area (Å²) in [5, 5.41) is 5.95. The number of carbonyl (C=O) groups excluding carboxylic acids is 1. The zero-order valence-corrected chi connectivity index (χ0v) is 17.4. The van der Waals surface area contributed by atoms with Gasteiger partial charge in [0.1, 0.15) is 5.75 Å². The molecule has 27 heavy (non-hydrogen) atoms. The smallest absolute Gasteiger partial charge is 0.319 e. The van der Waals surface area contributed by atoms with Crippen LogP contribution in [0.25, 0.3) is 0 Å². The summed E-state index contributed by atoms with van der Waals surface area (Å²) >= 11 is 3.50. The number of nitrogens with zero attached hydrogens (tertiary/aromatic N) is 1. The Hall–Kier alpha value is -2.05. The number of hydrogen-bond donors (Lipinski definition) is 2. The molecule has 6 heteroatoms. The van der Waals surface area contributed by atoms with Crippen LogP contribution in [0.1, 0.15) is 30.0 Å². The molecule has 5 nitrogen and oxygen atoms in total. The summed E-state index contributed by atoms with van der Waals surface area (Å²) in [6, 6.07) is 13.8. The number of rotatable bonds is 6. The third kappa shape index (κ3) is 5.02. The van der Waals surface area contributed by atoms with Crippen LogP contribution in [-0.2, 0) is 0 Å². The molecular weight excluding hydrogens is 406 g/mol. The van der Waals surface area contributed by atoms with Gasteiger partial charge in [0.2, 0.25) is 0 Å². The maximum absolute atomic E-state index is 12.5. The number of methoxy groups -OCH3 is 1. The number of aryl methyl sites for hydroxylation is 1. The predicted octanol–water partition coefficient (Wildman–Crippen LogP) is 4.72. The molecule has 2 aromatic rings. The molecule has 0 radical (unpaired) electrons. The highest BCUT2D eigenvalue weighted by Crippen LogP contribution is 2.31. The number of benzene rings is 2. The lowest BCUT2D eigenvalue weighted by Gasteiger charge is -2.29. The number of amides is 2. The molecule has 1 aliphatic heterocycles. The van der Waals surface area contributed by atoms with Gasteiger partial charge in [-0.1, -0.05) is 24.3 Å². The van der Waals surface area contributed by atoms with E-state index < -0.39 is 0 Å². The largest absolute Gasteiger partial charge is 0.496 e. The number of carbonyl (C=O) groups is 1. The van der Waals surface area contributed by atoms with Crippen molar-refractivity contribution in [3.63, 3.8) is 0 Å². The van der Waals surface area contributed by atoms with Crippen molar-refractivity contribution in [1.29, 1.82) is 0 Å². The van der Waals surface area contributed by atoms with E-state index in [1.807, 2.05) is 43.3 Å². The summed E-state index contributed by atoms with van der Waals surface area (Å²) in [5.74, 6) is 0.859. The van der Waals surface area contributed by atoms with Crippen LogP contribution in [-0.4, -0.2) is 37.7 Å². The van der Waals surface area contributed by atoms with Gasteiger partial charge in [-0.2, -0.15) is 0 Å². The average molecular weight is 432 g/mol. The molecule has 3 rings (SSSR count). The molecule has 1 atom stereocenters. The van der Waals surface area contributed by atoms with Gasteiger partial charge in [-0.25, -0.2) is 4.79 Å². The highest BCUT2D eigenvalue weighted by atomic mass is 79.9. The second-order valence-corrected chi connectivity index (χ2v) is 7.67. The van der Waals surface area contributed by atoms with Crippen molar-refractivity contribution in [2.24, 2.45) is 0 Å². The summed E-state index contributed by atoms with van der Waals surface area (Å²) in [5.41, 5.74) is 3.00. The Labute approximate surface area is 169 Å². The molecule has 0 bridgehead atoms. The maximum atomic E-state index is 12.5. The molecule has 1 aliphatic rings. The van der Waals surface area contributed by atoms with Crippen molar-refractivity contribution >= 4 is 27.6 Å². The monoisotopic (exact) mass is 431 g/mol. The molecule has 2 aromatic carbocycles. The fourth-order valence-electron chi connectivity index (χ4n) is 3.51. The summed E-state index contributed by atoms with van der Waals surface area (Å²) in [6.07, 6.45) is 2.38. The van der Waals surface area contributed by atoms with Gasteiger partial charge in [-0.15, -0.1) is 0 Å². The molecule has 144 valence electrons. The lowest BCUT2D eigenvalue weighted by molar-refractivity contribution is 0.224. The zero-order valence-electron chi connectivity index (χ0n) is 15.8. The normalized spacial score (nSPS) is 15.4. The van der Waals surface area contributed by atoms with Gasteiger partial charge in [0.05, 0.1) is 18.8 Å². The topological polar surface area (TPSA) is 53.6 Å². The van der Waals surface area contributed by atoms with Crippen LogP contribution >= 0.6 is 15.9 Å². The second kappa shape index (κ2) is 9.24. The zero-order chi connectivity index (χ0) is 19.2. The van der Waals surface area contributed by atoms with E-state index in [0.29, 0.717) is 6.54 Å². The molecule has 0 aliphatic carbocycles. The minimum atomic E-state index is -0.210. The second-order valence-electron chi connectivity index (χ2n) is 6.82. The number of halogens is 1. The Morgan fingerprint density at radius 1 is 1.22 bits per heavy atom. The molecule has 1 unspecified atom stereocenters. The van der Waals surface area contributed by atoms with Crippen molar-refractivity contribution < 1.29 is 9.53 Å². The summed E-state index contributed by atoms with van der Waals surface area (Å²) in [6.45, 7) is 4.61. The van der Waals surface area contributed by atoms with E-state index in [4.69, 9.17) is 4.74 Å². The Morgan fingerprint density at radius 3 is 2.67 bits per heavy atom. The molecule has 0 saturated carbocycles. The number of likely N-dealkylation sites (tertiary alicyclic amines) is 1. The first kappa shape index (κ1) is 19.7. The van der Waals surface area contributed by atoms with Crippen LogP contribution in [0.2, 0.25) is 0 Å². The third-order valence-corrected chi connectivity index (χ3v) is 5.56. The van der Waals surface area contributed by atoms with E-state index in [2.05, 4.69) is 37.5 Å². The molecule has 0 aromatic heterocycles. The van der Waals surface area contributed by atoms with E-state index in [-0.39, 0.29) is 12.1 Å². The number of para-hydroxylation sites is 1. The highest BCUT2D eigenvalue weighted by molar-refractivity contribution is 9.10. The number of urea groups is 1. The lowest BCUT2D eigenvalue weighted by Crippen LogP contribution is -2.38. The fraction of sp³-hybridized carbons (Fsp3) is 0.381. The van der Waals surface area contributed by atoms with Crippen LogP contribution in [0.4, 0.5) is 10.5 Å². The average Bonchev–Trinajstić information content (AvgIpc) is 3.19. The Morgan fingerprint density at radius 2 is 1.96 bits per heavy atom. The molecule has 1 heterocycles. The SMILES string of the molecule is COc1ccccc1C(CNC(=O)Nc1ccc(C)cc1Br)N1CCCC1. The Kier molecular flexibility index (Phi) is 6.74. The van der Waals surface area contributed by atoms with Crippen LogP contribution in [0, 0.1) is 6.92 Å². The minimum absolute atomic E-state index is 0.0934. The number of hydrogen-bond acceptors (Lipinski definition) is 3. The molecule has 1 saturated heterocycles. The maximum Gasteiger partial charge on any atom is 0.319 e. The molecule has 0 spiro atoms. The molecular formula is C21H26BrN3O2. The van der Waals surface area contributed by atoms with Crippen molar-refractivity contribution in [1.82, 2.24) is 10.2 Å². The first-order valence-corrected chi connectivity index (χ1v) is 10.1. The third-order valence-electron chi connectivity index (χ3n) is 4.91. The number of ether oxygens (including phenoxy) is 1. The molecule has 2 amide bonds. The van der Waals surface area contributed by atoms with Gasteiger partial charge in [-0.3, -0.25) is 4.90 Å². The Balaban J connectivity index is 1.70. The quantitative estimate of drug-likeness (QED) is 0.695. The molecule has 2 N–H and O–H groups in total. The van der Waals surface area contributed by atoms with E-state index in [9.17, 15) is 4.79 Å². The van der Waals surface area contributed by atoms with Gasteiger partial charge in [0.15, 0.2) is 0 Å². The minimum Gasteiger partial charge on any atom is -0.496 e. The summed E-state index contributed by atoms with van der Waals surface area (Å²) in [4.78, 5) is 14.9. The van der Waals surface area contributed by atoms with Crippen molar-refractivity contribution in [2.75, 3.05) is 32.1 Å². The van der Waals surface area contributed by atoms with Crippen LogP contribution < -0.4 is 15.4 Å². The number of nitrogens with one attached hydrogen (secondary N) is 2. The Bertz CT molecular complexity index is 791. The van der Waals surface area contributed by atoms with Crippen LogP contribution in [0.3, 0.4) is 0 Å². The first-order valence-electron chi connectivity index (χ1n) is 9.26. The summed E-state index contributed by atoms with van der Waals surface area (Å²) in [7, 11) is 1.69. The van der Waals surface area contributed by atoms with Crippen LogP contribution in [0.5, 0.6) is 5.75 Å². The lowest BCUT2D eigenvalue weighted by atomic mass is 10.0. The van der Waals surface area contributed by atoms with Crippen molar-refractivity contribution in [3.05, 3.63) is 58.1 Å². The van der Waals surface area contributed by atoms with Crippen molar-refractivity contribution in [2.45, 2.75) is 25.8 Å². The van der Waals surface area contributed by atoms with Crippen LogP contribution in [0.15, 0.2) is 46.9 Å². The van der Waals surface area contributed by atoms with Gasteiger partial charge in [0.25, 0.3) is 0 Å².